The fourth-order valence-corrected chi connectivity index (χ4v) is 3.51. The number of amides is 2. The summed E-state index contributed by atoms with van der Waals surface area (Å²) in [6.07, 6.45) is 0. The Balaban J connectivity index is 1.73. The maximum Gasteiger partial charge on any atom is 0.259 e. The molecule has 1 N–H and O–H groups in total. The second-order valence-electron chi connectivity index (χ2n) is 7.66. The molecule has 0 saturated carbocycles. The Labute approximate surface area is 185 Å². The molecule has 160 valence electrons. The van der Waals surface area contributed by atoms with Crippen molar-refractivity contribution in [2.24, 2.45) is 0 Å². The van der Waals surface area contributed by atoms with E-state index in [-0.39, 0.29) is 22.5 Å². The summed E-state index contributed by atoms with van der Waals surface area (Å²) in [5.41, 5.74) is 2.62. The van der Waals surface area contributed by atoms with Gasteiger partial charge in [-0.3, -0.25) is 14.4 Å². The van der Waals surface area contributed by atoms with Crippen LogP contribution in [0.3, 0.4) is 0 Å². The number of hydrogen-bond donors (Lipinski definition) is 1. The van der Waals surface area contributed by atoms with Gasteiger partial charge >= 0.3 is 0 Å². The standard InChI is InChI=1S/C26H22N2O4/c1-16-22(29)20-10-7-11-21(24(20)32-23(16)17-8-5-4-6-9-17)25(30)27-19-14-12-18(13-15-19)26(31)28(2)3/h4-15H,1-3H3,(H,27,30). The van der Waals surface area contributed by atoms with Crippen LogP contribution in [0, 0.1) is 6.92 Å². The maximum atomic E-state index is 13.1. The van der Waals surface area contributed by atoms with E-state index in [1.165, 1.54) is 4.90 Å². The van der Waals surface area contributed by atoms with E-state index >= 15 is 0 Å². The quantitative estimate of drug-likeness (QED) is 0.512. The molecule has 32 heavy (non-hydrogen) atoms. The summed E-state index contributed by atoms with van der Waals surface area (Å²) in [4.78, 5) is 39.6. The van der Waals surface area contributed by atoms with Crippen LogP contribution in [0.2, 0.25) is 0 Å². The second-order valence-corrected chi connectivity index (χ2v) is 7.66. The molecule has 6 nitrogen and oxygen atoms in total. The van der Waals surface area contributed by atoms with Gasteiger partial charge in [0.05, 0.1) is 10.9 Å². The van der Waals surface area contributed by atoms with Crippen molar-refractivity contribution in [3.8, 4) is 11.3 Å². The highest BCUT2D eigenvalue weighted by atomic mass is 16.3. The minimum atomic E-state index is -0.409. The molecular formula is C26H22N2O4. The molecule has 0 bridgehead atoms. The van der Waals surface area contributed by atoms with Gasteiger partial charge in [-0.1, -0.05) is 36.4 Å². The molecule has 6 heteroatoms. The van der Waals surface area contributed by atoms with Crippen LogP contribution in [0.5, 0.6) is 0 Å². The number of carbonyl (C=O) groups is 2. The number of rotatable bonds is 4. The zero-order valence-electron chi connectivity index (χ0n) is 18.0. The molecular weight excluding hydrogens is 404 g/mol. The molecule has 1 heterocycles. The SMILES string of the molecule is Cc1c(-c2ccccc2)oc2c(C(=O)Nc3ccc(C(=O)N(C)C)cc3)cccc2c1=O. The molecule has 0 aliphatic heterocycles. The van der Waals surface area contributed by atoms with E-state index < -0.39 is 5.91 Å². The van der Waals surface area contributed by atoms with Crippen molar-refractivity contribution < 1.29 is 14.0 Å². The van der Waals surface area contributed by atoms with Gasteiger partial charge < -0.3 is 14.6 Å². The van der Waals surface area contributed by atoms with Crippen molar-refractivity contribution in [1.82, 2.24) is 4.90 Å². The molecule has 0 atom stereocenters. The van der Waals surface area contributed by atoms with E-state index in [1.807, 2.05) is 30.3 Å². The van der Waals surface area contributed by atoms with Crippen LogP contribution >= 0.6 is 0 Å². The number of carbonyl (C=O) groups excluding carboxylic acids is 2. The largest absolute Gasteiger partial charge is 0.455 e. The van der Waals surface area contributed by atoms with Gasteiger partial charge in [0.1, 0.15) is 5.76 Å². The van der Waals surface area contributed by atoms with Crippen LogP contribution in [-0.4, -0.2) is 30.8 Å². The highest BCUT2D eigenvalue weighted by molar-refractivity contribution is 6.11. The molecule has 4 aromatic rings. The van der Waals surface area contributed by atoms with Crippen LogP contribution < -0.4 is 10.7 Å². The first kappa shape index (κ1) is 21.1. The number of nitrogens with zero attached hydrogens (tertiary/aromatic N) is 1. The average Bonchev–Trinajstić information content (AvgIpc) is 2.81. The lowest BCUT2D eigenvalue weighted by molar-refractivity contribution is 0.0827. The minimum Gasteiger partial charge on any atom is -0.455 e. The van der Waals surface area contributed by atoms with Crippen LogP contribution in [0.1, 0.15) is 26.3 Å². The summed E-state index contributed by atoms with van der Waals surface area (Å²) < 4.78 is 6.12. The molecule has 0 radical (unpaired) electrons. The summed E-state index contributed by atoms with van der Waals surface area (Å²) in [5.74, 6) is -0.0919. The Morgan fingerprint density at radius 1 is 0.875 bits per heavy atom. The molecule has 0 spiro atoms. The third-order valence-electron chi connectivity index (χ3n) is 5.22. The molecule has 0 saturated heterocycles. The first-order valence-electron chi connectivity index (χ1n) is 10.1. The molecule has 0 aliphatic carbocycles. The monoisotopic (exact) mass is 426 g/mol. The Morgan fingerprint density at radius 2 is 1.56 bits per heavy atom. The van der Waals surface area contributed by atoms with E-state index in [0.29, 0.717) is 28.0 Å². The molecule has 3 aromatic carbocycles. The van der Waals surface area contributed by atoms with Gasteiger partial charge in [-0.25, -0.2) is 0 Å². The van der Waals surface area contributed by atoms with Gasteiger partial charge in [-0.05, 0) is 43.3 Å². The lowest BCUT2D eigenvalue weighted by atomic mass is 10.0. The molecule has 4 rings (SSSR count). The lowest BCUT2D eigenvalue weighted by Gasteiger charge is -2.12. The van der Waals surface area contributed by atoms with Crippen molar-refractivity contribution in [3.05, 3.63) is 99.7 Å². The number of nitrogens with one attached hydrogen (secondary N) is 1. The molecule has 0 aliphatic rings. The predicted octanol–water partition coefficient (Wildman–Crippen LogP) is 4.72. The highest BCUT2D eigenvalue weighted by Gasteiger charge is 2.18. The smallest absolute Gasteiger partial charge is 0.259 e. The Morgan fingerprint density at radius 3 is 2.22 bits per heavy atom. The van der Waals surface area contributed by atoms with Crippen molar-refractivity contribution in [2.75, 3.05) is 19.4 Å². The first-order valence-corrected chi connectivity index (χ1v) is 10.1. The molecule has 1 aromatic heterocycles. The van der Waals surface area contributed by atoms with Gasteiger partial charge in [0.25, 0.3) is 11.8 Å². The van der Waals surface area contributed by atoms with E-state index in [9.17, 15) is 14.4 Å². The zero-order valence-corrected chi connectivity index (χ0v) is 18.0. The molecule has 0 unspecified atom stereocenters. The van der Waals surface area contributed by atoms with Crippen molar-refractivity contribution in [1.29, 1.82) is 0 Å². The van der Waals surface area contributed by atoms with Crippen molar-refractivity contribution in [2.45, 2.75) is 6.92 Å². The van der Waals surface area contributed by atoms with Crippen molar-refractivity contribution >= 4 is 28.5 Å². The number of fused-ring (bicyclic) bond motifs is 1. The average molecular weight is 426 g/mol. The topological polar surface area (TPSA) is 79.6 Å². The zero-order chi connectivity index (χ0) is 22.8. The minimum absolute atomic E-state index is 0.123. The summed E-state index contributed by atoms with van der Waals surface area (Å²) in [7, 11) is 3.36. The van der Waals surface area contributed by atoms with Gasteiger partial charge in [0.15, 0.2) is 11.0 Å². The van der Waals surface area contributed by atoms with Gasteiger partial charge in [0.2, 0.25) is 0 Å². The van der Waals surface area contributed by atoms with E-state index in [2.05, 4.69) is 5.32 Å². The fraction of sp³-hybridized carbons (Fsp3) is 0.115. The summed E-state index contributed by atoms with van der Waals surface area (Å²) in [6.45, 7) is 1.72. The van der Waals surface area contributed by atoms with Gasteiger partial charge in [-0.2, -0.15) is 0 Å². The Hall–Kier alpha value is -4.19. The number of para-hydroxylation sites is 1. The third-order valence-corrected chi connectivity index (χ3v) is 5.22. The number of hydrogen-bond acceptors (Lipinski definition) is 4. The van der Waals surface area contributed by atoms with E-state index in [0.717, 1.165) is 5.56 Å². The van der Waals surface area contributed by atoms with Crippen LogP contribution in [0.15, 0.2) is 82.0 Å². The van der Waals surface area contributed by atoms with Gasteiger partial charge in [0, 0.05) is 36.5 Å². The van der Waals surface area contributed by atoms with E-state index in [4.69, 9.17) is 4.42 Å². The number of benzene rings is 3. The van der Waals surface area contributed by atoms with Crippen LogP contribution in [0.4, 0.5) is 5.69 Å². The summed E-state index contributed by atoms with van der Waals surface area (Å²) >= 11 is 0. The van der Waals surface area contributed by atoms with E-state index in [1.54, 1.807) is 63.5 Å². The molecule has 0 fully saturated rings. The fourth-order valence-electron chi connectivity index (χ4n) is 3.51. The van der Waals surface area contributed by atoms with Crippen LogP contribution in [0.25, 0.3) is 22.3 Å². The lowest BCUT2D eigenvalue weighted by Crippen LogP contribution is -2.21. The maximum absolute atomic E-state index is 13.1. The third kappa shape index (κ3) is 3.90. The Kier molecular flexibility index (Phi) is 5.60. The number of anilines is 1. The van der Waals surface area contributed by atoms with Gasteiger partial charge in [-0.15, -0.1) is 0 Å². The van der Waals surface area contributed by atoms with Crippen LogP contribution in [-0.2, 0) is 0 Å². The molecule has 2 amide bonds. The highest BCUT2D eigenvalue weighted by Crippen LogP contribution is 2.27. The predicted molar refractivity (Wildman–Crippen MR) is 125 cm³/mol. The summed E-state index contributed by atoms with van der Waals surface area (Å²) in [5, 5.41) is 3.16. The normalized spacial score (nSPS) is 10.7. The Bertz CT molecular complexity index is 1370. The summed E-state index contributed by atoms with van der Waals surface area (Å²) in [6, 6.07) is 20.9. The van der Waals surface area contributed by atoms with Crippen molar-refractivity contribution in [3.63, 3.8) is 0 Å². The first-order chi connectivity index (χ1) is 15.4. The second kappa shape index (κ2) is 8.51.